The van der Waals surface area contributed by atoms with Crippen LogP contribution in [-0.4, -0.2) is 20.7 Å². The van der Waals surface area contributed by atoms with Crippen LogP contribution in [-0.2, 0) is 0 Å². The number of hydrogen-bond acceptors (Lipinski definition) is 5. The van der Waals surface area contributed by atoms with E-state index in [1.165, 1.54) is 0 Å². The fraction of sp³-hybridized carbons (Fsp3) is 0.350. The number of carbonyl (C=O) groups is 1. The third-order valence-corrected chi connectivity index (χ3v) is 7.18. The average molecular weight is 411 g/mol. The van der Waals surface area contributed by atoms with E-state index in [1.54, 1.807) is 12.1 Å². The standard InChI is InChI=1S/C20H20N4OSe/c21-11-15-18(23)24-19(16(12-22)20(15)9-5-2-6-10-20)26-13-17(25)14-7-3-1-4-8-14/h1,3-4,7-8,24H,2,5-6,9-10,13,23H2. The molecule has 0 aromatic heterocycles. The molecule has 1 saturated carbocycles. The Morgan fingerprint density at radius 3 is 2.38 bits per heavy atom. The van der Waals surface area contributed by atoms with E-state index < -0.39 is 5.41 Å². The molecule has 1 aromatic carbocycles. The number of nitrogens with zero attached hydrogens (tertiary/aromatic N) is 2. The third kappa shape index (κ3) is 3.27. The molecule has 5 nitrogen and oxygen atoms in total. The molecular formula is C20H20N4OSe. The van der Waals surface area contributed by atoms with E-state index in [0.29, 0.717) is 27.8 Å². The molecule has 0 bridgehead atoms. The predicted octanol–water partition coefficient (Wildman–Crippen LogP) is 2.97. The summed E-state index contributed by atoms with van der Waals surface area (Å²) in [5, 5.41) is 22.9. The molecule has 3 N–H and O–H groups in total. The van der Waals surface area contributed by atoms with E-state index >= 15 is 0 Å². The zero-order chi connectivity index (χ0) is 18.6. The first-order valence-electron chi connectivity index (χ1n) is 8.65. The molecule has 1 heterocycles. The number of allylic oxidation sites excluding steroid dienone is 2. The molecule has 6 heteroatoms. The summed E-state index contributed by atoms with van der Waals surface area (Å²) < 4.78 is 0.752. The molecule has 1 fully saturated rings. The fourth-order valence-corrected chi connectivity index (χ4v) is 5.90. The van der Waals surface area contributed by atoms with Crippen LogP contribution < -0.4 is 11.1 Å². The van der Waals surface area contributed by atoms with Gasteiger partial charge in [0, 0.05) is 0 Å². The first-order valence-corrected chi connectivity index (χ1v) is 10.7. The molecule has 1 spiro atoms. The molecule has 0 unspecified atom stereocenters. The second-order valence-electron chi connectivity index (χ2n) is 6.56. The SMILES string of the molecule is N#CC1=C(N)NC([Se]CC(=O)c2ccccc2)=C(C#N)C12CCCCC2. The van der Waals surface area contributed by atoms with Gasteiger partial charge in [0.05, 0.1) is 0 Å². The Bertz CT molecular complexity index is 852. The van der Waals surface area contributed by atoms with Crippen molar-refractivity contribution in [3.63, 3.8) is 0 Å². The van der Waals surface area contributed by atoms with Gasteiger partial charge in [0.1, 0.15) is 0 Å². The molecule has 0 radical (unpaired) electrons. The summed E-state index contributed by atoms with van der Waals surface area (Å²) >= 11 is -0.242. The van der Waals surface area contributed by atoms with Crippen molar-refractivity contribution in [2.75, 3.05) is 0 Å². The number of nitrogens with two attached hydrogens (primary N) is 1. The molecule has 0 saturated heterocycles. The van der Waals surface area contributed by atoms with E-state index in [9.17, 15) is 15.3 Å². The first kappa shape index (κ1) is 18.3. The van der Waals surface area contributed by atoms with Crippen LogP contribution in [0.3, 0.4) is 0 Å². The zero-order valence-electron chi connectivity index (χ0n) is 14.4. The van der Waals surface area contributed by atoms with Crippen molar-refractivity contribution in [3.8, 4) is 12.1 Å². The summed E-state index contributed by atoms with van der Waals surface area (Å²) in [5.74, 6) is 0.404. The first-order chi connectivity index (χ1) is 12.6. The molecule has 26 heavy (non-hydrogen) atoms. The van der Waals surface area contributed by atoms with Gasteiger partial charge in [-0.2, -0.15) is 0 Å². The van der Waals surface area contributed by atoms with E-state index in [0.717, 1.165) is 36.7 Å². The van der Waals surface area contributed by atoms with Crippen molar-refractivity contribution in [1.29, 1.82) is 10.5 Å². The molecular weight excluding hydrogens is 391 g/mol. The summed E-state index contributed by atoms with van der Waals surface area (Å²) in [6.45, 7) is 0. The Balaban J connectivity index is 1.89. The van der Waals surface area contributed by atoms with E-state index in [-0.39, 0.29) is 20.7 Å². The van der Waals surface area contributed by atoms with Gasteiger partial charge >= 0.3 is 160 Å². The number of rotatable bonds is 4. The van der Waals surface area contributed by atoms with Crippen LogP contribution in [0.5, 0.6) is 0 Å². The number of hydrogen-bond donors (Lipinski definition) is 2. The summed E-state index contributed by atoms with van der Waals surface area (Å²) in [4.78, 5) is 12.4. The van der Waals surface area contributed by atoms with Crippen molar-refractivity contribution in [2.24, 2.45) is 11.1 Å². The number of Topliss-reactive ketones (excluding diaryl/α,β-unsaturated/α-hetero) is 1. The summed E-state index contributed by atoms with van der Waals surface area (Å²) in [6, 6.07) is 13.7. The van der Waals surface area contributed by atoms with Gasteiger partial charge in [-0.05, 0) is 0 Å². The van der Waals surface area contributed by atoms with E-state index in [1.807, 2.05) is 18.2 Å². The van der Waals surface area contributed by atoms with Crippen LogP contribution in [0.4, 0.5) is 0 Å². The van der Waals surface area contributed by atoms with Crippen LogP contribution in [0, 0.1) is 28.1 Å². The van der Waals surface area contributed by atoms with Gasteiger partial charge in [0.2, 0.25) is 0 Å². The number of nitriles is 2. The van der Waals surface area contributed by atoms with Crippen molar-refractivity contribution in [1.82, 2.24) is 5.32 Å². The van der Waals surface area contributed by atoms with Gasteiger partial charge in [0.15, 0.2) is 0 Å². The average Bonchev–Trinajstić information content (AvgIpc) is 2.67. The second kappa shape index (κ2) is 7.79. The normalized spacial score (nSPS) is 18.8. The Morgan fingerprint density at radius 2 is 1.77 bits per heavy atom. The maximum atomic E-state index is 12.4. The minimum absolute atomic E-state index is 0.0588. The minimum atomic E-state index is -0.566. The number of carbonyl (C=O) groups excluding carboxylic acids is 1. The van der Waals surface area contributed by atoms with E-state index in [4.69, 9.17) is 5.73 Å². The Hall–Kier alpha value is -2.53. The van der Waals surface area contributed by atoms with Crippen molar-refractivity contribution in [2.45, 2.75) is 37.4 Å². The quantitative estimate of drug-likeness (QED) is 0.586. The number of nitrogens with one attached hydrogen (secondary N) is 1. The van der Waals surface area contributed by atoms with Crippen LogP contribution in [0.1, 0.15) is 42.5 Å². The van der Waals surface area contributed by atoms with Gasteiger partial charge in [-0.1, -0.05) is 0 Å². The third-order valence-electron chi connectivity index (χ3n) is 5.08. The topological polar surface area (TPSA) is 103 Å². The van der Waals surface area contributed by atoms with Gasteiger partial charge < -0.3 is 0 Å². The van der Waals surface area contributed by atoms with Crippen molar-refractivity contribution in [3.05, 3.63) is 57.5 Å². The molecule has 0 amide bonds. The van der Waals surface area contributed by atoms with Gasteiger partial charge in [-0.3, -0.25) is 0 Å². The molecule has 3 rings (SSSR count). The number of dihydropyridines is 1. The summed E-state index contributed by atoms with van der Waals surface area (Å²) in [6.07, 6.45) is 4.61. The summed E-state index contributed by atoms with van der Waals surface area (Å²) in [5.41, 5.74) is 7.36. The van der Waals surface area contributed by atoms with Gasteiger partial charge in [0.25, 0.3) is 0 Å². The molecule has 1 aliphatic heterocycles. The molecule has 1 aromatic rings. The van der Waals surface area contributed by atoms with Crippen LogP contribution in [0.15, 0.2) is 51.9 Å². The molecule has 0 atom stereocenters. The van der Waals surface area contributed by atoms with Gasteiger partial charge in [-0.25, -0.2) is 0 Å². The molecule has 2 aliphatic rings. The number of ketones is 1. The molecule has 132 valence electrons. The Labute approximate surface area is 159 Å². The Morgan fingerprint density at radius 1 is 1.12 bits per heavy atom. The second-order valence-corrected chi connectivity index (χ2v) is 8.63. The summed E-state index contributed by atoms with van der Waals surface area (Å²) in [7, 11) is 0. The zero-order valence-corrected chi connectivity index (χ0v) is 16.1. The fourth-order valence-electron chi connectivity index (χ4n) is 3.78. The van der Waals surface area contributed by atoms with Gasteiger partial charge in [-0.15, -0.1) is 0 Å². The van der Waals surface area contributed by atoms with Crippen LogP contribution >= 0.6 is 0 Å². The van der Waals surface area contributed by atoms with Crippen molar-refractivity contribution >= 4 is 20.7 Å². The van der Waals surface area contributed by atoms with E-state index in [2.05, 4.69) is 17.5 Å². The van der Waals surface area contributed by atoms with Crippen LogP contribution in [0.25, 0.3) is 0 Å². The van der Waals surface area contributed by atoms with Crippen molar-refractivity contribution < 1.29 is 4.79 Å². The molecule has 1 aliphatic carbocycles. The predicted molar refractivity (Wildman–Crippen MR) is 99.5 cm³/mol. The van der Waals surface area contributed by atoms with Crippen LogP contribution in [0.2, 0.25) is 5.32 Å². The number of benzene rings is 1. The Kier molecular flexibility index (Phi) is 5.47. The maximum absolute atomic E-state index is 12.4. The monoisotopic (exact) mass is 412 g/mol.